The van der Waals surface area contributed by atoms with E-state index < -0.39 is 17.3 Å². The second kappa shape index (κ2) is 6.90. The van der Waals surface area contributed by atoms with Crippen molar-refractivity contribution in [3.05, 3.63) is 41.7 Å². The van der Waals surface area contributed by atoms with Gasteiger partial charge in [0, 0.05) is 30.8 Å². The van der Waals surface area contributed by atoms with Gasteiger partial charge in [0.2, 0.25) is 5.91 Å². The Kier molecular flexibility index (Phi) is 4.94. The van der Waals surface area contributed by atoms with E-state index in [0.29, 0.717) is 26.3 Å². The van der Waals surface area contributed by atoms with Gasteiger partial charge in [0.05, 0.1) is 13.2 Å². The van der Waals surface area contributed by atoms with Gasteiger partial charge in [0.1, 0.15) is 5.82 Å². The van der Waals surface area contributed by atoms with E-state index in [9.17, 15) is 14.3 Å². The maximum atomic E-state index is 13.5. The van der Waals surface area contributed by atoms with Crippen molar-refractivity contribution in [2.45, 2.75) is 0 Å². The van der Waals surface area contributed by atoms with Crippen LogP contribution >= 0.6 is 0 Å². The van der Waals surface area contributed by atoms with Gasteiger partial charge >= 0.3 is 0 Å². The first-order valence-corrected chi connectivity index (χ1v) is 6.51. The van der Waals surface area contributed by atoms with Crippen LogP contribution in [0.4, 0.5) is 4.39 Å². The average Bonchev–Trinajstić information content (AvgIpc) is 2.49. The van der Waals surface area contributed by atoms with Crippen LogP contribution in [0.2, 0.25) is 0 Å². The Labute approximate surface area is 121 Å². The molecule has 5 nitrogen and oxygen atoms in total. The molecule has 0 saturated carbocycles. The minimum absolute atomic E-state index is 0.119. The highest BCUT2D eigenvalue weighted by Crippen LogP contribution is 2.28. The van der Waals surface area contributed by atoms with Crippen LogP contribution in [-0.4, -0.2) is 47.3 Å². The summed E-state index contributed by atoms with van der Waals surface area (Å²) in [6.45, 7) is 2.20. The molecule has 0 aromatic heterocycles. The van der Waals surface area contributed by atoms with Crippen LogP contribution in [0.15, 0.2) is 30.4 Å². The van der Waals surface area contributed by atoms with Crippen molar-refractivity contribution < 1.29 is 24.1 Å². The Morgan fingerprint density at radius 1 is 1.19 bits per heavy atom. The third kappa shape index (κ3) is 4.06. The van der Waals surface area contributed by atoms with E-state index in [-0.39, 0.29) is 11.5 Å². The fraction of sp³-hybridized carbons (Fsp3) is 0.267. The van der Waals surface area contributed by atoms with Gasteiger partial charge in [0.15, 0.2) is 11.5 Å². The topological polar surface area (TPSA) is 70.0 Å². The Bertz CT molecular complexity index is 577. The summed E-state index contributed by atoms with van der Waals surface area (Å²) in [5, 5.41) is 18.4. The van der Waals surface area contributed by atoms with Crippen LogP contribution in [0.5, 0.6) is 11.5 Å². The summed E-state index contributed by atoms with van der Waals surface area (Å²) >= 11 is 0. The summed E-state index contributed by atoms with van der Waals surface area (Å²) in [6.07, 6.45) is 5.78. The van der Waals surface area contributed by atoms with Gasteiger partial charge in [-0.25, -0.2) is 4.39 Å². The Morgan fingerprint density at radius 3 is 2.57 bits per heavy atom. The number of amides is 1. The third-order valence-corrected chi connectivity index (χ3v) is 3.04. The standard InChI is InChI=1S/C15H16FNO4/c16-12-10-14(19)13(18)9-11(12)3-1-2-4-15(20)17-5-7-21-8-6-17/h1-4,9-10,18-19H,5-8H2/b3-1+,4-2+. The van der Waals surface area contributed by atoms with Crippen LogP contribution in [0.1, 0.15) is 5.56 Å². The molecular weight excluding hydrogens is 277 g/mol. The molecule has 1 aliphatic heterocycles. The molecule has 0 spiro atoms. The van der Waals surface area contributed by atoms with Crippen molar-refractivity contribution in [1.82, 2.24) is 4.90 Å². The van der Waals surface area contributed by atoms with Gasteiger partial charge < -0.3 is 19.8 Å². The largest absolute Gasteiger partial charge is 0.504 e. The molecule has 1 aromatic rings. The molecule has 0 radical (unpaired) electrons. The number of ether oxygens (including phenoxy) is 1. The number of phenolic OH excluding ortho intramolecular Hbond substituents is 2. The molecule has 6 heteroatoms. The highest BCUT2D eigenvalue weighted by Gasteiger charge is 2.13. The van der Waals surface area contributed by atoms with E-state index in [1.54, 1.807) is 4.90 Å². The van der Waals surface area contributed by atoms with E-state index in [0.717, 1.165) is 12.1 Å². The number of aromatic hydroxyl groups is 2. The summed E-state index contributed by atoms with van der Waals surface area (Å²) in [5.74, 6) is -1.70. The summed E-state index contributed by atoms with van der Waals surface area (Å²) in [4.78, 5) is 13.4. The number of allylic oxidation sites excluding steroid dienone is 2. The van der Waals surface area contributed by atoms with Crippen LogP contribution in [0.25, 0.3) is 6.08 Å². The maximum absolute atomic E-state index is 13.5. The Hall–Kier alpha value is -2.34. The third-order valence-electron chi connectivity index (χ3n) is 3.04. The minimum Gasteiger partial charge on any atom is -0.504 e. The van der Waals surface area contributed by atoms with Gasteiger partial charge in [-0.05, 0) is 6.07 Å². The van der Waals surface area contributed by atoms with Crippen molar-refractivity contribution in [3.63, 3.8) is 0 Å². The molecule has 1 saturated heterocycles. The number of benzene rings is 1. The van der Waals surface area contributed by atoms with Crippen molar-refractivity contribution >= 4 is 12.0 Å². The zero-order valence-corrected chi connectivity index (χ0v) is 11.3. The number of rotatable bonds is 3. The maximum Gasteiger partial charge on any atom is 0.246 e. The fourth-order valence-electron chi connectivity index (χ4n) is 1.88. The molecule has 1 heterocycles. The molecule has 0 bridgehead atoms. The van der Waals surface area contributed by atoms with Gasteiger partial charge in [-0.15, -0.1) is 0 Å². The van der Waals surface area contributed by atoms with Crippen molar-refractivity contribution in [1.29, 1.82) is 0 Å². The highest BCUT2D eigenvalue weighted by molar-refractivity contribution is 5.88. The quantitative estimate of drug-likeness (QED) is 0.505. The van der Waals surface area contributed by atoms with Gasteiger partial charge in [0.25, 0.3) is 0 Å². The molecule has 0 unspecified atom stereocenters. The van der Waals surface area contributed by atoms with Crippen molar-refractivity contribution in [2.75, 3.05) is 26.3 Å². The first kappa shape index (κ1) is 15.1. The molecule has 2 rings (SSSR count). The molecule has 0 atom stereocenters. The SMILES string of the molecule is O=C(/C=C/C=C/c1cc(O)c(O)cc1F)N1CCOCC1. The summed E-state index contributed by atoms with van der Waals surface area (Å²) < 4.78 is 18.6. The lowest BCUT2D eigenvalue weighted by molar-refractivity contribution is -0.129. The van der Waals surface area contributed by atoms with Gasteiger partial charge in [-0.1, -0.05) is 18.2 Å². The molecule has 1 fully saturated rings. The molecule has 21 heavy (non-hydrogen) atoms. The number of nitrogens with zero attached hydrogens (tertiary/aromatic N) is 1. The second-order valence-electron chi connectivity index (χ2n) is 4.52. The van der Waals surface area contributed by atoms with E-state index in [1.165, 1.54) is 24.3 Å². The van der Waals surface area contributed by atoms with Crippen molar-refractivity contribution in [3.8, 4) is 11.5 Å². The summed E-state index contributed by atoms with van der Waals surface area (Å²) in [5.41, 5.74) is 0.119. The number of halogens is 1. The minimum atomic E-state index is -0.658. The van der Waals surface area contributed by atoms with E-state index in [4.69, 9.17) is 9.84 Å². The van der Waals surface area contributed by atoms with E-state index in [1.807, 2.05) is 0 Å². The monoisotopic (exact) mass is 293 g/mol. The van der Waals surface area contributed by atoms with Crippen LogP contribution in [0.3, 0.4) is 0 Å². The van der Waals surface area contributed by atoms with Gasteiger partial charge in [-0.2, -0.15) is 0 Å². The molecule has 2 N–H and O–H groups in total. The molecule has 0 aliphatic carbocycles. The molecule has 1 aromatic carbocycles. The highest BCUT2D eigenvalue weighted by atomic mass is 19.1. The second-order valence-corrected chi connectivity index (χ2v) is 4.52. The molecule has 1 aliphatic rings. The number of carbonyl (C=O) groups is 1. The van der Waals surface area contributed by atoms with E-state index >= 15 is 0 Å². The lowest BCUT2D eigenvalue weighted by atomic mass is 10.1. The summed E-state index contributed by atoms with van der Waals surface area (Å²) in [6, 6.07) is 1.94. The average molecular weight is 293 g/mol. The zero-order valence-electron chi connectivity index (χ0n) is 11.3. The lowest BCUT2D eigenvalue weighted by Crippen LogP contribution is -2.39. The number of morpholine rings is 1. The Balaban J connectivity index is 1.97. The fourth-order valence-corrected chi connectivity index (χ4v) is 1.88. The first-order chi connectivity index (χ1) is 10.1. The first-order valence-electron chi connectivity index (χ1n) is 6.51. The Morgan fingerprint density at radius 2 is 1.86 bits per heavy atom. The number of hydrogen-bond donors (Lipinski definition) is 2. The number of hydrogen-bond acceptors (Lipinski definition) is 4. The lowest BCUT2D eigenvalue weighted by Gasteiger charge is -2.25. The molecule has 1 amide bonds. The zero-order chi connectivity index (χ0) is 15.2. The molecule has 112 valence electrons. The smallest absolute Gasteiger partial charge is 0.246 e. The number of carbonyl (C=O) groups excluding carboxylic acids is 1. The predicted octanol–water partition coefficient (Wildman–Crippen LogP) is 1.67. The van der Waals surface area contributed by atoms with Crippen LogP contribution in [-0.2, 0) is 9.53 Å². The molecular formula is C15H16FNO4. The van der Waals surface area contributed by atoms with Gasteiger partial charge in [-0.3, -0.25) is 4.79 Å². The van der Waals surface area contributed by atoms with E-state index in [2.05, 4.69) is 0 Å². The van der Waals surface area contributed by atoms with Crippen molar-refractivity contribution in [2.24, 2.45) is 0 Å². The summed E-state index contributed by atoms with van der Waals surface area (Å²) in [7, 11) is 0. The van der Waals surface area contributed by atoms with Crippen LogP contribution < -0.4 is 0 Å². The number of phenols is 2. The predicted molar refractivity (Wildman–Crippen MR) is 75.3 cm³/mol. The normalized spacial score (nSPS) is 16.0. The van der Waals surface area contributed by atoms with Crippen LogP contribution in [0, 0.1) is 5.82 Å².